The monoisotopic (exact) mass is 472 g/mol. The van der Waals surface area contributed by atoms with Gasteiger partial charge in [-0.3, -0.25) is 4.79 Å². The van der Waals surface area contributed by atoms with Crippen LogP contribution in [0.15, 0.2) is 41.3 Å². The molecule has 3 aliphatic rings. The quantitative estimate of drug-likeness (QED) is 0.665. The minimum atomic E-state index is -3.75. The van der Waals surface area contributed by atoms with Gasteiger partial charge in [0, 0.05) is 44.2 Å². The highest BCUT2D eigenvalue weighted by atomic mass is 32.2. The fourth-order valence-electron chi connectivity index (χ4n) is 4.49. The molecule has 3 heterocycles. The van der Waals surface area contributed by atoms with E-state index in [1.54, 1.807) is 12.1 Å². The van der Waals surface area contributed by atoms with Crippen molar-refractivity contribution in [3.8, 4) is 17.2 Å². The number of fused-ring (bicyclic) bond motifs is 2. The number of carbonyl (C=O) groups excluding carboxylic acids is 1. The predicted octanol–water partition coefficient (Wildman–Crippen LogP) is 2.60. The second-order valence-corrected chi connectivity index (χ2v) is 10.5. The first kappa shape index (κ1) is 22.0. The molecule has 1 amide bonds. The average Bonchev–Trinajstić information content (AvgIpc) is 3.29. The number of amides is 1. The molecule has 3 aliphatic heterocycles. The summed E-state index contributed by atoms with van der Waals surface area (Å²) >= 11 is 0. The van der Waals surface area contributed by atoms with Gasteiger partial charge in [0.25, 0.3) is 0 Å². The third-order valence-electron chi connectivity index (χ3n) is 6.31. The van der Waals surface area contributed by atoms with Crippen LogP contribution in [-0.4, -0.2) is 63.0 Å². The summed E-state index contributed by atoms with van der Waals surface area (Å²) in [6.07, 6.45) is 3.24. The van der Waals surface area contributed by atoms with Crippen molar-refractivity contribution in [1.82, 2.24) is 9.21 Å². The minimum absolute atomic E-state index is 0.169. The molecule has 0 saturated carbocycles. The standard InChI is InChI=1S/C24H28N2O6S/c27-24(25-9-1-2-10-25)8-4-18-3-6-21-19(15-18)17-26(11-12-30-21)33(28,29)20-5-7-22-23(16-20)32-14-13-31-22/h3,5-7,15-16H,1-2,4,8-14,17H2. The number of hydrogen-bond acceptors (Lipinski definition) is 6. The van der Waals surface area contributed by atoms with Crippen LogP contribution in [0.3, 0.4) is 0 Å². The Bertz CT molecular complexity index is 1140. The van der Waals surface area contributed by atoms with E-state index in [0.717, 1.165) is 37.1 Å². The minimum Gasteiger partial charge on any atom is -0.492 e. The molecular formula is C24H28N2O6S. The Balaban J connectivity index is 1.33. The third kappa shape index (κ3) is 4.65. The first-order valence-corrected chi connectivity index (χ1v) is 12.9. The Labute approximate surface area is 194 Å². The van der Waals surface area contributed by atoms with Crippen LogP contribution in [0.25, 0.3) is 0 Å². The van der Waals surface area contributed by atoms with E-state index in [-0.39, 0.29) is 30.5 Å². The van der Waals surface area contributed by atoms with Gasteiger partial charge in [0.2, 0.25) is 15.9 Å². The number of carbonyl (C=O) groups is 1. The summed E-state index contributed by atoms with van der Waals surface area (Å²) in [5.74, 6) is 1.86. The number of nitrogens with zero attached hydrogens (tertiary/aromatic N) is 2. The van der Waals surface area contributed by atoms with Gasteiger partial charge in [0.15, 0.2) is 11.5 Å². The SMILES string of the molecule is O=C(CCc1ccc2c(c1)CN(S(=O)(=O)c1ccc3c(c1)OCCO3)CCO2)N1CCCC1. The first-order chi connectivity index (χ1) is 16.0. The number of likely N-dealkylation sites (tertiary alicyclic amines) is 1. The Kier molecular flexibility index (Phi) is 6.16. The zero-order chi connectivity index (χ0) is 22.8. The molecule has 0 bridgehead atoms. The van der Waals surface area contributed by atoms with Crippen LogP contribution >= 0.6 is 0 Å². The molecule has 2 aromatic rings. The summed E-state index contributed by atoms with van der Waals surface area (Å²) in [4.78, 5) is 14.5. The zero-order valence-corrected chi connectivity index (χ0v) is 19.3. The topological polar surface area (TPSA) is 85.4 Å². The average molecular weight is 473 g/mol. The highest BCUT2D eigenvalue weighted by molar-refractivity contribution is 7.89. The van der Waals surface area contributed by atoms with Crippen LogP contribution in [0.4, 0.5) is 0 Å². The second kappa shape index (κ2) is 9.23. The van der Waals surface area contributed by atoms with Crippen LogP contribution in [0.5, 0.6) is 17.2 Å². The van der Waals surface area contributed by atoms with E-state index in [9.17, 15) is 13.2 Å². The highest BCUT2D eigenvalue weighted by Gasteiger charge is 2.29. The summed E-state index contributed by atoms with van der Waals surface area (Å²) in [5.41, 5.74) is 1.81. The zero-order valence-electron chi connectivity index (χ0n) is 18.5. The summed E-state index contributed by atoms with van der Waals surface area (Å²) in [6, 6.07) is 10.5. The number of sulfonamides is 1. The van der Waals surface area contributed by atoms with Crippen LogP contribution in [0.1, 0.15) is 30.4 Å². The van der Waals surface area contributed by atoms with Gasteiger partial charge in [0.05, 0.1) is 4.90 Å². The van der Waals surface area contributed by atoms with Crippen molar-refractivity contribution in [1.29, 1.82) is 0 Å². The lowest BCUT2D eigenvalue weighted by Gasteiger charge is -2.22. The molecule has 1 saturated heterocycles. The molecule has 0 aliphatic carbocycles. The molecule has 0 N–H and O–H groups in total. The van der Waals surface area contributed by atoms with Crippen LogP contribution in [-0.2, 0) is 27.8 Å². The van der Waals surface area contributed by atoms with Gasteiger partial charge >= 0.3 is 0 Å². The van der Waals surface area contributed by atoms with Crippen LogP contribution in [0.2, 0.25) is 0 Å². The molecule has 0 aromatic heterocycles. The maximum atomic E-state index is 13.4. The van der Waals surface area contributed by atoms with Crippen molar-refractivity contribution in [2.75, 3.05) is 39.5 Å². The Morgan fingerprint density at radius 1 is 0.848 bits per heavy atom. The van der Waals surface area contributed by atoms with Crippen LogP contribution in [0, 0.1) is 0 Å². The molecule has 5 rings (SSSR count). The molecule has 33 heavy (non-hydrogen) atoms. The highest BCUT2D eigenvalue weighted by Crippen LogP contribution is 2.34. The Morgan fingerprint density at radius 3 is 2.39 bits per heavy atom. The first-order valence-electron chi connectivity index (χ1n) is 11.4. The van der Waals surface area contributed by atoms with Crippen LogP contribution < -0.4 is 14.2 Å². The molecule has 0 spiro atoms. The van der Waals surface area contributed by atoms with E-state index in [1.165, 1.54) is 10.4 Å². The predicted molar refractivity (Wildman–Crippen MR) is 121 cm³/mol. The third-order valence-corrected chi connectivity index (χ3v) is 8.15. The van der Waals surface area contributed by atoms with E-state index in [1.807, 2.05) is 23.1 Å². The van der Waals surface area contributed by atoms with Crippen molar-refractivity contribution in [3.63, 3.8) is 0 Å². The lowest BCUT2D eigenvalue weighted by atomic mass is 10.0. The Morgan fingerprint density at radius 2 is 1.58 bits per heavy atom. The summed E-state index contributed by atoms with van der Waals surface area (Å²) < 4.78 is 45.2. The van der Waals surface area contributed by atoms with Crippen molar-refractivity contribution in [2.45, 2.75) is 37.1 Å². The molecular weight excluding hydrogens is 444 g/mol. The summed E-state index contributed by atoms with van der Waals surface area (Å²) in [6.45, 7) is 3.26. The molecule has 0 radical (unpaired) electrons. The van der Waals surface area contributed by atoms with Gasteiger partial charge in [-0.1, -0.05) is 12.1 Å². The smallest absolute Gasteiger partial charge is 0.243 e. The van der Waals surface area contributed by atoms with Gasteiger partial charge in [-0.25, -0.2) is 8.42 Å². The van der Waals surface area contributed by atoms with Gasteiger partial charge in [-0.15, -0.1) is 0 Å². The lowest BCUT2D eigenvalue weighted by molar-refractivity contribution is -0.130. The number of rotatable bonds is 5. The second-order valence-electron chi connectivity index (χ2n) is 8.52. The van der Waals surface area contributed by atoms with E-state index in [0.29, 0.717) is 43.3 Å². The molecule has 0 unspecified atom stereocenters. The van der Waals surface area contributed by atoms with Crippen molar-refractivity contribution < 1.29 is 27.4 Å². The van der Waals surface area contributed by atoms with E-state index < -0.39 is 10.0 Å². The summed E-state index contributed by atoms with van der Waals surface area (Å²) in [7, 11) is -3.75. The maximum absolute atomic E-state index is 13.4. The number of ether oxygens (including phenoxy) is 3. The van der Waals surface area contributed by atoms with Gasteiger partial charge in [-0.05, 0) is 43.0 Å². The molecule has 9 heteroatoms. The fraction of sp³-hybridized carbons (Fsp3) is 0.458. The molecule has 2 aromatic carbocycles. The normalized spacial score (nSPS) is 18.4. The lowest BCUT2D eigenvalue weighted by Crippen LogP contribution is -2.32. The van der Waals surface area contributed by atoms with E-state index >= 15 is 0 Å². The molecule has 1 fully saturated rings. The maximum Gasteiger partial charge on any atom is 0.243 e. The van der Waals surface area contributed by atoms with Gasteiger partial charge in [0.1, 0.15) is 25.6 Å². The Hall–Kier alpha value is -2.78. The number of benzene rings is 2. The number of aryl methyl sites for hydroxylation is 1. The number of hydrogen-bond donors (Lipinski definition) is 0. The van der Waals surface area contributed by atoms with E-state index in [2.05, 4.69) is 0 Å². The van der Waals surface area contributed by atoms with Crippen molar-refractivity contribution in [3.05, 3.63) is 47.5 Å². The largest absolute Gasteiger partial charge is 0.492 e. The van der Waals surface area contributed by atoms with E-state index in [4.69, 9.17) is 14.2 Å². The van der Waals surface area contributed by atoms with Gasteiger partial charge in [-0.2, -0.15) is 4.31 Å². The van der Waals surface area contributed by atoms with Gasteiger partial charge < -0.3 is 19.1 Å². The fourth-order valence-corrected chi connectivity index (χ4v) is 5.91. The van der Waals surface area contributed by atoms with Crippen molar-refractivity contribution in [2.24, 2.45) is 0 Å². The molecule has 0 atom stereocenters. The molecule has 176 valence electrons. The summed E-state index contributed by atoms with van der Waals surface area (Å²) in [5, 5.41) is 0. The van der Waals surface area contributed by atoms with Crippen molar-refractivity contribution >= 4 is 15.9 Å². The molecule has 8 nitrogen and oxygen atoms in total.